The van der Waals surface area contributed by atoms with Crippen molar-refractivity contribution in [2.24, 2.45) is 4.99 Å². The fraction of sp³-hybridized carbons (Fsp3) is 0.409. The number of thiophene rings is 1. The van der Waals surface area contributed by atoms with Crippen molar-refractivity contribution >= 4 is 56.8 Å². The second kappa shape index (κ2) is 8.54. The minimum atomic E-state index is -0.508. The number of carbonyl (C=O) groups excluding carboxylic acids is 1. The number of thiocarbonyl (C=S) groups is 1. The van der Waals surface area contributed by atoms with Gasteiger partial charge in [0.15, 0.2) is 0 Å². The number of rotatable bonds is 5. The predicted octanol–water partition coefficient (Wildman–Crippen LogP) is 6.10. The van der Waals surface area contributed by atoms with E-state index in [4.69, 9.17) is 33.5 Å². The van der Waals surface area contributed by atoms with Crippen LogP contribution >= 0.6 is 35.2 Å². The van der Waals surface area contributed by atoms with Gasteiger partial charge in [0, 0.05) is 21.0 Å². The van der Waals surface area contributed by atoms with Gasteiger partial charge in [-0.05, 0) is 51.8 Å². The number of aryl methyl sites for hydroxylation is 1. The van der Waals surface area contributed by atoms with Crippen LogP contribution in [0.5, 0.6) is 0 Å². The molecule has 0 radical (unpaired) electrons. The molecule has 0 spiro atoms. The molecule has 1 aromatic carbocycles. The number of halogens is 1. The fourth-order valence-corrected chi connectivity index (χ4v) is 4.52. The number of ether oxygens (including phenoxy) is 1. The minimum Gasteiger partial charge on any atom is -0.460 e. The third-order valence-corrected chi connectivity index (χ3v) is 6.91. The molecule has 2 aromatic rings. The third kappa shape index (κ3) is 4.87. The number of hydrogen-bond acceptors (Lipinski definition) is 5. The maximum Gasteiger partial charge on any atom is 0.308 e. The molecule has 0 saturated carbocycles. The molecule has 154 valence electrons. The van der Waals surface area contributed by atoms with Gasteiger partial charge in [0.2, 0.25) is 0 Å². The Morgan fingerprint density at radius 1 is 1.31 bits per heavy atom. The molecule has 1 unspecified atom stereocenters. The number of nitrogens with one attached hydrogen (secondary N) is 1. The van der Waals surface area contributed by atoms with Gasteiger partial charge in [0.25, 0.3) is 0 Å². The van der Waals surface area contributed by atoms with Gasteiger partial charge >= 0.3 is 5.97 Å². The van der Waals surface area contributed by atoms with Gasteiger partial charge in [-0.15, -0.1) is 11.3 Å². The number of hydrogen-bond donors (Lipinski definition) is 1. The zero-order chi connectivity index (χ0) is 21.3. The van der Waals surface area contributed by atoms with Crippen LogP contribution in [0.4, 0.5) is 5.00 Å². The molecule has 1 aliphatic heterocycles. The second-order valence-electron chi connectivity index (χ2n) is 7.77. The fourth-order valence-electron chi connectivity index (χ4n) is 3.02. The molecule has 1 aromatic heterocycles. The quantitative estimate of drug-likeness (QED) is 0.443. The lowest BCUT2D eigenvalue weighted by atomic mass is 10.00. The van der Waals surface area contributed by atoms with E-state index in [1.54, 1.807) is 11.3 Å². The number of esters is 1. The van der Waals surface area contributed by atoms with Crippen molar-refractivity contribution < 1.29 is 9.53 Å². The highest BCUT2D eigenvalue weighted by atomic mass is 35.5. The van der Waals surface area contributed by atoms with Gasteiger partial charge in [-0.1, -0.05) is 42.9 Å². The van der Waals surface area contributed by atoms with Crippen molar-refractivity contribution in [3.05, 3.63) is 50.9 Å². The highest BCUT2D eigenvalue weighted by molar-refractivity contribution is 7.80. The molecular formula is C22H25ClN2O2S2. The van der Waals surface area contributed by atoms with E-state index >= 15 is 0 Å². The number of anilines is 1. The van der Waals surface area contributed by atoms with Gasteiger partial charge < -0.3 is 10.1 Å². The van der Waals surface area contributed by atoms with Crippen molar-refractivity contribution in [2.45, 2.75) is 59.1 Å². The summed E-state index contributed by atoms with van der Waals surface area (Å²) >= 11 is 13.3. The Balaban J connectivity index is 2.02. The van der Waals surface area contributed by atoms with Crippen LogP contribution in [0.2, 0.25) is 5.02 Å². The Kier molecular flexibility index (Phi) is 6.46. The molecule has 0 saturated heterocycles. The number of aliphatic imine (C=N–C) groups is 1. The molecule has 0 fully saturated rings. The number of nitrogens with zero attached hydrogens (tertiary/aromatic N) is 1. The van der Waals surface area contributed by atoms with Crippen LogP contribution in [0, 0.1) is 13.8 Å². The molecule has 2 heterocycles. The van der Waals surface area contributed by atoms with Crippen molar-refractivity contribution in [3.63, 3.8) is 0 Å². The first-order chi connectivity index (χ1) is 13.6. The van der Waals surface area contributed by atoms with Gasteiger partial charge in [-0.25, -0.2) is 0 Å². The normalized spacial score (nSPS) is 16.6. The topological polar surface area (TPSA) is 50.7 Å². The summed E-state index contributed by atoms with van der Waals surface area (Å²) in [5, 5.41) is 4.95. The molecule has 4 nitrogen and oxygen atoms in total. The van der Waals surface area contributed by atoms with Crippen molar-refractivity contribution in [1.29, 1.82) is 0 Å². The standard InChI is InChI=1S/C22H25ClN2O2S2/c1-6-22(4,5)27-17(26)11-16-20(28)25-21-18(12(2)13(3)29-21)19(24-16)14-7-9-15(23)10-8-14/h7-10,16H,6,11H2,1-5H3,(H,25,28). The zero-order valence-corrected chi connectivity index (χ0v) is 19.6. The Bertz CT molecular complexity index is 977. The second-order valence-corrected chi connectivity index (χ2v) is 9.87. The number of benzene rings is 1. The van der Waals surface area contributed by atoms with Crippen LogP contribution in [0.3, 0.4) is 0 Å². The van der Waals surface area contributed by atoms with Crippen molar-refractivity contribution in [2.75, 3.05) is 5.32 Å². The van der Waals surface area contributed by atoms with E-state index in [0.29, 0.717) is 10.0 Å². The molecule has 1 atom stereocenters. The van der Waals surface area contributed by atoms with Gasteiger partial charge in [0.1, 0.15) is 21.6 Å². The summed E-state index contributed by atoms with van der Waals surface area (Å²) in [6.07, 6.45) is 0.834. The first kappa shape index (κ1) is 21.9. The van der Waals surface area contributed by atoms with E-state index in [9.17, 15) is 4.79 Å². The lowest BCUT2D eigenvalue weighted by Gasteiger charge is -2.24. The molecule has 3 rings (SSSR count). The Morgan fingerprint density at radius 2 is 1.97 bits per heavy atom. The first-order valence-electron chi connectivity index (χ1n) is 9.58. The maximum absolute atomic E-state index is 12.6. The van der Waals surface area contributed by atoms with E-state index in [2.05, 4.69) is 19.2 Å². The molecular weight excluding hydrogens is 424 g/mol. The Labute approximate surface area is 186 Å². The van der Waals surface area contributed by atoms with Crippen LogP contribution in [0.15, 0.2) is 29.3 Å². The molecule has 1 aliphatic rings. The molecule has 0 bridgehead atoms. The van der Waals surface area contributed by atoms with Crippen LogP contribution in [-0.2, 0) is 9.53 Å². The third-order valence-electron chi connectivity index (χ3n) is 5.17. The highest BCUT2D eigenvalue weighted by Gasteiger charge is 2.30. The monoisotopic (exact) mass is 448 g/mol. The summed E-state index contributed by atoms with van der Waals surface area (Å²) < 4.78 is 5.63. The van der Waals surface area contributed by atoms with E-state index in [1.165, 1.54) is 4.88 Å². The Hall–Kier alpha value is -1.76. The smallest absolute Gasteiger partial charge is 0.308 e. The maximum atomic E-state index is 12.6. The summed E-state index contributed by atoms with van der Waals surface area (Å²) in [6, 6.07) is 7.09. The van der Waals surface area contributed by atoms with E-state index in [1.807, 2.05) is 45.0 Å². The number of fused-ring (bicyclic) bond motifs is 1. The van der Waals surface area contributed by atoms with Crippen LogP contribution in [0.25, 0.3) is 0 Å². The highest BCUT2D eigenvalue weighted by Crippen LogP contribution is 2.37. The largest absolute Gasteiger partial charge is 0.460 e. The summed E-state index contributed by atoms with van der Waals surface area (Å²) in [4.78, 5) is 19.2. The van der Waals surface area contributed by atoms with E-state index in [-0.39, 0.29) is 12.4 Å². The van der Waals surface area contributed by atoms with Gasteiger partial charge in [0.05, 0.1) is 12.1 Å². The predicted molar refractivity (Wildman–Crippen MR) is 126 cm³/mol. The summed E-state index contributed by atoms with van der Waals surface area (Å²) in [5.41, 5.74) is 3.44. The minimum absolute atomic E-state index is 0.0966. The van der Waals surface area contributed by atoms with Gasteiger partial charge in [-0.2, -0.15) is 0 Å². The lowest BCUT2D eigenvalue weighted by Crippen LogP contribution is -2.32. The summed E-state index contributed by atoms with van der Waals surface area (Å²) in [7, 11) is 0. The van der Waals surface area contributed by atoms with Crippen LogP contribution in [0.1, 0.15) is 55.2 Å². The zero-order valence-electron chi connectivity index (χ0n) is 17.3. The van der Waals surface area contributed by atoms with Gasteiger partial charge in [-0.3, -0.25) is 9.79 Å². The van der Waals surface area contributed by atoms with Crippen molar-refractivity contribution in [1.82, 2.24) is 0 Å². The van der Waals surface area contributed by atoms with E-state index in [0.717, 1.165) is 33.8 Å². The Morgan fingerprint density at radius 3 is 2.59 bits per heavy atom. The lowest BCUT2D eigenvalue weighted by molar-refractivity contribution is -0.156. The molecule has 7 heteroatoms. The average Bonchev–Trinajstić information content (AvgIpc) is 2.84. The molecule has 0 amide bonds. The number of carbonyl (C=O) groups is 1. The SMILES string of the molecule is CCC(C)(C)OC(=O)CC1N=C(c2ccc(Cl)cc2)c2c(sc(C)c2C)NC1=S. The van der Waals surface area contributed by atoms with Crippen LogP contribution in [-0.4, -0.2) is 28.3 Å². The van der Waals surface area contributed by atoms with Crippen LogP contribution < -0.4 is 5.32 Å². The average molecular weight is 449 g/mol. The summed E-state index contributed by atoms with van der Waals surface area (Å²) in [5.74, 6) is -0.302. The molecule has 1 N–H and O–H groups in total. The molecule has 29 heavy (non-hydrogen) atoms. The summed E-state index contributed by atoms with van der Waals surface area (Å²) in [6.45, 7) is 9.96. The molecule has 0 aliphatic carbocycles. The van der Waals surface area contributed by atoms with E-state index < -0.39 is 11.6 Å². The van der Waals surface area contributed by atoms with Crippen molar-refractivity contribution in [3.8, 4) is 0 Å². The first-order valence-corrected chi connectivity index (χ1v) is 11.2.